The molecule has 0 spiro atoms. The number of hydrazone groups is 1. The Hall–Kier alpha value is -4.19. The minimum absolute atomic E-state index is 0.214. The largest absolute Gasteiger partial charge is 0.486 e. The highest BCUT2D eigenvalue weighted by Gasteiger charge is 2.35. The average Bonchev–Trinajstić information content (AvgIpc) is 2.92. The Bertz CT molecular complexity index is 1330. The molecule has 0 amide bonds. The van der Waals surface area contributed by atoms with E-state index in [1.165, 1.54) is 12.7 Å². The molecule has 4 rings (SSSR count). The molecule has 0 N–H and O–H groups in total. The Morgan fingerprint density at radius 1 is 1.03 bits per heavy atom. The second-order valence-corrected chi connectivity index (χ2v) is 8.37. The van der Waals surface area contributed by atoms with Crippen LogP contribution in [0.3, 0.4) is 0 Å². The third-order valence-corrected chi connectivity index (χ3v) is 5.95. The highest BCUT2D eigenvalue weighted by Crippen LogP contribution is 2.41. The number of aromatic nitrogens is 1. The zero-order chi connectivity index (χ0) is 25.5. The van der Waals surface area contributed by atoms with E-state index in [0.717, 1.165) is 46.5 Å². The number of hydrogen-bond donors (Lipinski definition) is 0. The van der Waals surface area contributed by atoms with Crippen molar-refractivity contribution in [1.29, 1.82) is 0 Å². The van der Waals surface area contributed by atoms with E-state index in [-0.39, 0.29) is 12.3 Å². The SMILES string of the molecule is C/C=N\N1C(C(=O)OC)=C(OCc2ccccc2)c2cnc(-c3cccc(CCC)c3)cc2/C1=C\C. The Labute approximate surface area is 212 Å². The van der Waals surface area contributed by atoms with Crippen LogP contribution in [0.25, 0.3) is 22.7 Å². The van der Waals surface area contributed by atoms with Gasteiger partial charge in [-0.3, -0.25) is 4.98 Å². The molecule has 0 radical (unpaired) electrons. The summed E-state index contributed by atoms with van der Waals surface area (Å²) >= 11 is 0. The maximum atomic E-state index is 13.0. The van der Waals surface area contributed by atoms with E-state index in [1.54, 1.807) is 24.3 Å². The molecule has 1 aliphatic heterocycles. The molecule has 0 atom stereocenters. The number of methoxy groups -OCH3 is 1. The summed E-state index contributed by atoms with van der Waals surface area (Å²) in [6.07, 6.45) is 7.44. The highest BCUT2D eigenvalue weighted by molar-refractivity contribution is 6.01. The number of carbonyl (C=O) groups is 1. The van der Waals surface area contributed by atoms with Gasteiger partial charge in [0.2, 0.25) is 0 Å². The standard InChI is InChI=1S/C30H31N3O3/c1-5-12-21-15-11-16-23(17-21)26-18-24-25(19-31-26)29(36-20-22-13-9-8-10-14-22)28(30(34)35-4)33(32-7-3)27(24)6-2/h6-11,13-19H,5,12,20H2,1-4H3/b27-6+,32-7-. The number of rotatable bonds is 8. The number of ether oxygens (including phenoxy) is 2. The van der Waals surface area contributed by atoms with Gasteiger partial charge in [-0.05, 0) is 43.5 Å². The third kappa shape index (κ3) is 5.08. The summed E-state index contributed by atoms with van der Waals surface area (Å²) in [5.74, 6) is -0.152. The topological polar surface area (TPSA) is 64.0 Å². The van der Waals surface area contributed by atoms with Crippen LogP contribution < -0.4 is 0 Å². The zero-order valence-corrected chi connectivity index (χ0v) is 21.2. The van der Waals surface area contributed by atoms with E-state index in [9.17, 15) is 4.79 Å². The first-order chi connectivity index (χ1) is 17.6. The first kappa shape index (κ1) is 24.9. The van der Waals surface area contributed by atoms with Gasteiger partial charge < -0.3 is 9.47 Å². The van der Waals surface area contributed by atoms with Gasteiger partial charge in [-0.2, -0.15) is 5.10 Å². The average molecular weight is 482 g/mol. The minimum Gasteiger partial charge on any atom is -0.486 e. The lowest BCUT2D eigenvalue weighted by atomic mass is 9.96. The Kier molecular flexibility index (Phi) is 7.95. The van der Waals surface area contributed by atoms with Crippen LogP contribution in [0.1, 0.15) is 49.4 Å². The van der Waals surface area contributed by atoms with Gasteiger partial charge in [-0.25, -0.2) is 9.80 Å². The van der Waals surface area contributed by atoms with Crippen LogP contribution in [0.4, 0.5) is 0 Å². The van der Waals surface area contributed by atoms with Crippen LogP contribution in [-0.4, -0.2) is 29.3 Å². The summed E-state index contributed by atoms with van der Waals surface area (Å²) in [5, 5.41) is 6.10. The number of nitrogens with zero attached hydrogens (tertiary/aromatic N) is 3. The van der Waals surface area contributed by atoms with Crippen LogP contribution in [0.5, 0.6) is 0 Å². The lowest BCUT2D eigenvalue weighted by molar-refractivity contribution is -0.137. The fourth-order valence-electron chi connectivity index (χ4n) is 4.30. The first-order valence-corrected chi connectivity index (χ1v) is 12.2. The molecule has 2 aromatic carbocycles. The van der Waals surface area contributed by atoms with Crippen molar-refractivity contribution in [2.24, 2.45) is 5.10 Å². The summed E-state index contributed by atoms with van der Waals surface area (Å²) < 4.78 is 11.4. The van der Waals surface area contributed by atoms with Crippen molar-refractivity contribution >= 4 is 23.6 Å². The Balaban J connectivity index is 1.88. The van der Waals surface area contributed by atoms with Crippen LogP contribution in [0.15, 0.2) is 83.7 Å². The fraction of sp³-hybridized carbons (Fsp3) is 0.233. The molecule has 0 unspecified atom stereocenters. The molecule has 0 saturated heterocycles. The predicted octanol–water partition coefficient (Wildman–Crippen LogP) is 6.44. The summed E-state index contributed by atoms with van der Waals surface area (Å²) in [6.45, 7) is 6.18. The number of pyridine rings is 1. The second-order valence-electron chi connectivity index (χ2n) is 8.37. The van der Waals surface area contributed by atoms with E-state index in [4.69, 9.17) is 14.5 Å². The smallest absolute Gasteiger partial charge is 0.360 e. The van der Waals surface area contributed by atoms with Gasteiger partial charge in [0, 0.05) is 29.1 Å². The fourth-order valence-corrected chi connectivity index (χ4v) is 4.30. The van der Waals surface area contributed by atoms with Gasteiger partial charge in [0.25, 0.3) is 0 Å². The molecule has 6 heteroatoms. The van der Waals surface area contributed by atoms with Gasteiger partial charge in [-0.1, -0.05) is 68.0 Å². The van der Waals surface area contributed by atoms with E-state index in [1.807, 2.05) is 49.4 Å². The number of hydrogen-bond acceptors (Lipinski definition) is 6. The van der Waals surface area contributed by atoms with Gasteiger partial charge in [0.15, 0.2) is 11.5 Å². The van der Waals surface area contributed by atoms with Gasteiger partial charge in [0.05, 0.1) is 18.5 Å². The van der Waals surface area contributed by atoms with Crippen molar-refractivity contribution in [3.63, 3.8) is 0 Å². The van der Waals surface area contributed by atoms with E-state index in [2.05, 4.69) is 36.3 Å². The number of fused-ring (bicyclic) bond motifs is 1. The summed E-state index contributed by atoms with van der Waals surface area (Å²) in [4.78, 5) is 17.8. The van der Waals surface area contributed by atoms with Crippen molar-refractivity contribution in [3.8, 4) is 11.3 Å². The highest BCUT2D eigenvalue weighted by atomic mass is 16.5. The van der Waals surface area contributed by atoms with Crippen molar-refractivity contribution in [1.82, 2.24) is 9.99 Å². The molecular formula is C30H31N3O3. The number of esters is 1. The molecule has 3 aromatic rings. The van der Waals surface area contributed by atoms with Crippen molar-refractivity contribution in [2.45, 2.75) is 40.2 Å². The molecule has 0 bridgehead atoms. The molecule has 184 valence electrons. The van der Waals surface area contributed by atoms with Gasteiger partial charge in [-0.15, -0.1) is 0 Å². The van der Waals surface area contributed by atoms with Gasteiger partial charge >= 0.3 is 5.97 Å². The second kappa shape index (κ2) is 11.5. The van der Waals surface area contributed by atoms with Crippen LogP contribution in [0, 0.1) is 0 Å². The molecule has 1 aromatic heterocycles. The summed E-state index contributed by atoms with van der Waals surface area (Å²) in [6, 6.07) is 20.3. The van der Waals surface area contributed by atoms with E-state index >= 15 is 0 Å². The third-order valence-electron chi connectivity index (χ3n) is 5.95. The monoisotopic (exact) mass is 481 g/mol. The van der Waals surface area contributed by atoms with Crippen molar-refractivity contribution in [2.75, 3.05) is 7.11 Å². The normalized spacial score (nSPS) is 14.3. The number of allylic oxidation sites excluding steroid dienone is 1. The predicted molar refractivity (Wildman–Crippen MR) is 143 cm³/mol. The van der Waals surface area contributed by atoms with Crippen molar-refractivity contribution in [3.05, 3.63) is 101 Å². The maximum absolute atomic E-state index is 13.0. The molecule has 2 heterocycles. The molecule has 0 fully saturated rings. The first-order valence-electron chi connectivity index (χ1n) is 12.2. The lowest BCUT2D eigenvalue weighted by Gasteiger charge is -2.32. The molecule has 0 saturated carbocycles. The Morgan fingerprint density at radius 2 is 1.81 bits per heavy atom. The molecule has 1 aliphatic rings. The summed E-state index contributed by atoms with van der Waals surface area (Å²) in [7, 11) is 1.35. The number of benzene rings is 2. The van der Waals surface area contributed by atoms with E-state index < -0.39 is 5.97 Å². The van der Waals surface area contributed by atoms with Crippen LogP contribution in [0.2, 0.25) is 0 Å². The quantitative estimate of drug-likeness (QED) is 0.274. The maximum Gasteiger partial charge on any atom is 0.360 e. The zero-order valence-electron chi connectivity index (χ0n) is 21.2. The Morgan fingerprint density at radius 3 is 2.50 bits per heavy atom. The summed E-state index contributed by atoms with van der Waals surface area (Å²) in [5.41, 5.74) is 6.71. The van der Waals surface area contributed by atoms with Gasteiger partial charge in [0.1, 0.15) is 6.61 Å². The molecule has 6 nitrogen and oxygen atoms in total. The van der Waals surface area contributed by atoms with E-state index in [0.29, 0.717) is 5.76 Å². The minimum atomic E-state index is -0.537. The molecule has 0 aliphatic carbocycles. The van der Waals surface area contributed by atoms with Crippen molar-refractivity contribution < 1.29 is 14.3 Å². The number of carbonyl (C=O) groups excluding carboxylic acids is 1. The number of aryl methyl sites for hydroxylation is 1. The lowest BCUT2D eigenvalue weighted by Crippen LogP contribution is -2.29. The molecule has 36 heavy (non-hydrogen) atoms. The molecular weight excluding hydrogens is 450 g/mol. The van der Waals surface area contributed by atoms with Crippen LogP contribution >= 0.6 is 0 Å². The van der Waals surface area contributed by atoms with Crippen LogP contribution in [-0.2, 0) is 27.3 Å².